The number of ketones is 1. The Morgan fingerprint density at radius 1 is 1.16 bits per heavy atom. The van der Waals surface area contributed by atoms with E-state index in [2.05, 4.69) is 4.74 Å². The Hall–Kier alpha value is -1.26. The van der Waals surface area contributed by atoms with Gasteiger partial charge in [-0.1, -0.05) is 37.0 Å². The molecular weight excluding hydrogens is 291 g/mol. The van der Waals surface area contributed by atoms with Gasteiger partial charge in [0.25, 0.3) is 6.10 Å². The first kappa shape index (κ1) is 15.8. The molecule has 0 fully saturated rings. The number of ether oxygens (including phenoxy) is 2. The van der Waals surface area contributed by atoms with Gasteiger partial charge in [0, 0.05) is 12.0 Å². The third kappa shape index (κ3) is 4.11. The topological polar surface area (TPSA) is 52.6 Å². The summed E-state index contributed by atoms with van der Waals surface area (Å²) in [4.78, 5) is 23.5. The van der Waals surface area contributed by atoms with Crippen molar-refractivity contribution in [1.29, 1.82) is 0 Å². The van der Waals surface area contributed by atoms with Crippen LogP contribution in [0.3, 0.4) is 0 Å². The first-order valence-electron chi connectivity index (χ1n) is 5.60. The molecule has 6 heteroatoms. The number of carbonyl (C=O) groups is 2. The van der Waals surface area contributed by atoms with Crippen LogP contribution < -0.4 is 4.74 Å². The van der Waals surface area contributed by atoms with Crippen molar-refractivity contribution in [3.8, 4) is 5.75 Å². The smallest absolute Gasteiger partial charge is 0.354 e. The molecule has 1 atom stereocenters. The summed E-state index contributed by atoms with van der Waals surface area (Å²) in [7, 11) is 1.20. The third-order valence-corrected chi connectivity index (χ3v) is 3.13. The normalized spacial score (nSPS) is 12.1. The molecule has 0 saturated heterocycles. The van der Waals surface area contributed by atoms with Crippen molar-refractivity contribution in [1.82, 2.24) is 0 Å². The molecule has 104 valence electrons. The average Bonchev–Trinajstić information content (AvgIpc) is 2.38. The predicted octanol–water partition coefficient (Wildman–Crippen LogP) is 3.14. The minimum atomic E-state index is -1.30. The van der Waals surface area contributed by atoms with Gasteiger partial charge >= 0.3 is 5.97 Å². The molecule has 0 spiro atoms. The summed E-state index contributed by atoms with van der Waals surface area (Å²) >= 11 is 11.6. The summed E-state index contributed by atoms with van der Waals surface area (Å²) in [5.41, 5.74) is 0. The predicted molar refractivity (Wildman–Crippen MR) is 72.7 cm³/mol. The lowest BCUT2D eigenvalue weighted by Crippen LogP contribution is -2.39. The van der Waals surface area contributed by atoms with Crippen molar-refractivity contribution >= 4 is 35.0 Å². The maximum Gasteiger partial charge on any atom is 0.354 e. The van der Waals surface area contributed by atoms with Crippen LogP contribution in [0.2, 0.25) is 10.0 Å². The summed E-state index contributed by atoms with van der Waals surface area (Å²) in [6, 6.07) is 4.48. The second kappa shape index (κ2) is 6.78. The van der Waals surface area contributed by atoms with Gasteiger partial charge in [0.15, 0.2) is 5.78 Å². The molecule has 0 aliphatic heterocycles. The molecule has 0 aromatic heterocycles. The number of rotatable bonds is 5. The molecule has 19 heavy (non-hydrogen) atoms. The summed E-state index contributed by atoms with van der Waals surface area (Å²) in [6.07, 6.45) is -1.30. The van der Waals surface area contributed by atoms with Crippen molar-refractivity contribution < 1.29 is 19.1 Å². The second-order valence-electron chi connectivity index (χ2n) is 4.15. The average molecular weight is 305 g/mol. The van der Waals surface area contributed by atoms with Crippen molar-refractivity contribution in [2.45, 2.75) is 20.0 Å². The van der Waals surface area contributed by atoms with Gasteiger partial charge in [0.2, 0.25) is 0 Å². The van der Waals surface area contributed by atoms with Crippen LogP contribution in [0.4, 0.5) is 0 Å². The van der Waals surface area contributed by atoms with E-state index in [4.69, 9.17) is 27.9 Å². The van der Waals surface area contributed by atoms with E-state index >= 15 is 0 Å². The number of benzene rings is 1. The number of Topliss-reactive ketones (excluding diaryl/α,β-unsaturated/α-hetero) is 1. The minimum Gasteiger partial charge on any atom is -0.471 e. The van der Waals surface area contributed by atoms with E-state index in [0.717, 1.165) is 0 Å². The highest BCUT2D eigenvalue weighted by molar-refractivity contribution is 6.42. The Labute approximate surface area is 121 Å². The van der Waals surface area contributed by atoms with E-state index < -0.39 is 12.1 Å². The van der Waals surface area contributed by atoms with E-state index in [9.17, 15) is 9.59 Å². The fraction of sp³-hybridized carbons (Fsp3) is 0.385. The first-order chi connectivity index (χ1) is 8.86. The number of hydrogen-bond donors (Lipinski definition) is 0. The van der Waals surface area contributed by atoms with Gasteiger partial charge in [0.05, 0.1) is 17.2 Å². The molecule has 0 N–H and O–H groups in total. The molecule has 1 rings (SSSR count). The highest BCUT2D eigenvalue weighted by atomic mass is 35.5. The maximum atomic E-state index is 11.9. The molecule has 0 aliphatic rings. The number of carbonyl (C=O) groups excluding carboxylic acids is 2. The maximum absolute atomic E-state index is 11.9. The monoisotopic (exact) mass is 304 g/mol. The van der Waals surface area contributed by atoms with Gasteiger partial charge in [-0.2, -0.15) is 0 Å². The molecule has 0 radical (unpaired) electrons. The summed E-state index contributed by atoms with van der Waals surface area (Å²) in [5, 5.41) is 0.638. The molecule has 1 unspecified atom stereocenters. The quantitative estimate of drug-likeness (QED) is 0.619. The van der Waals surface area contributed by atoms with Crippen LogP contribution in [-0.2, 0) is 14.3 Å². The second-order valence-corrected chi connectivity index (χ2v) is 4.97. The standard InChI is InChI=1S/C13H14Cl2O4/c1-7(2)11(16)12(13(17)18-3)19-8-4-5-9(14)10(15)6-8/h4-7,12H,1-3H3. The molecule has 0 saturated carbocycles. The fourth-order valence-corrected chi connectivity index (χ4v) is 1.61. The van der Waals surface area contributed by atoms with E-state index in [1.54, 1.807) is 13.8 Å². The lowest BCUT2D eigenvalue weighted by molar-refractivity contribution is -0.154. The van der Waals surface area contributed by atoms with Crippen LogP contribution in [0.5, 0.6) is 5.75 Å². The highest BCUT2D eigenvalue weighted by Gasteiger charge is 2.31. The molecule has 1 aromatic carbocycles. The van der Waals surface area contributed by atoms with Crippen molar-refractivity contribution in [3.63, 3.8) is 0 Å². The number of halogens is 2. The Morgan fingerprint density at radius 3 is 2.26 bits per heavy atom. The van der Waals surface area contributed by atoms with Crippen LogP contribution in [0.1, 0.15) is 13.8 Å². The lowest BCUT2D eigenvalue weighted by atomic mass is 10.0. The van der Waals surface area contributed by atoms with Gasteiger partial charge in [-0.3, -0.25) is 4.79 Å². The van der Waals surface area contributed by atoms with Gasteiger partial charge in [-0.15, -0.1) is 0 Å². The molecule has 0 bridgehead atoms. The van der Waals surface area contributed by atoms with Crippen molar-refractivity contribution in [2.75, 3.05) is 7.11 Å². The SMILES string of the molecule is COC(=O)C(Oc1ccc(Cl)c(Cl)c1)C(=O)C(C)C. The van der Waals surface area contributed by atoms with Crippen LogP contribution in [-0.4, -0.2) is 25.0 Å². The molecule has 0 amide bonds. The largest absolute Gasteiger partial charge is 0.471 e. The molecule has 4 nitrogen and oxygen atoms in total. The first-order valence-corrected chi connectivity index (χ1v) is 6.35. The Morgan fingerprint density at radius 2 is 1.79 bits per heavy atom. The lowest BCUT2D eigenvalue weighted by Gasteiger charge is -2.17. The van der Waals surface area contributed by atoms with Gasteiger partial charge in [-0.25, -0.2) is 4.79 Å². The highest BCUT2D eigenvalue weighted by Crippen LogP contribution is 2.27. The van der Waals surface area contributed by atoms with Crippen molar-refractivity contribution in [3.05, 3.63) is 28.2 Å². The van der Waals surface area contributed by atoms with Crippen molar-refractivity contribution in [2.24, 2.45) is 5.92 Å². The summed E-state index contributed by atoms with van der Waals surface area (Å²) in [5.74, 6) is -1.19. The number of methoxy groups -OCH3 is 1. The van der Waals surface area contributed by atoms with Gasteiger partial charge in [0.1, 0.15) is 5.75 Å². The van der Waals surface area contributed by atoms with E-state index in [-0.39, 0.29) is 22.5 Å². The molecule has 0 heterocycles. The van der Waals surface area contributed by atoms with Crippen LogP contribution in [0.25, 0.3) is 0 Å². The Balaban J connectivity index is 2.97. The van der Waals surface area contributed by atoms with E-state index in [1.165, 1.54) is 25.3 Å². The zero-order valence-corrected chi connectivity index (χ0v) is 12.3. The summed E-state index contributed by atoms with van der Waals surface area (Å²) in [6.45, 7) is 3.35. The fourth-order valence-electron chi connectivity index (χ4n) is 1.32. The van der Waals surface area contributed by atoms with Crippen LogP contribution in [0, 0.1) is 5.92 Å². The zero-order valence-electron chi connectivity index (χ0n) is 10.8. The Kier molecular flexibility index (Phi) is 5.63. The summed E-state index contributed by atoms with van der Waals surface area (Å²) < 4.78 is 9.92. The third-order valence-electron chi connectivity index (χ3n) is 2.39. The minimum absolute atomic E-state index is 0.277. The Bertz CT molecular complexity index is 486. The number of esters is 1. The molecule has 0 aliphatic carbocycles. The van der Waals surface area contributed by atoms with E-state index in [1.807, 2.05) is 0 Å². The van der Waals surface area contributed by atoms with Gasteiger partial charge in [-0.05, 0) is 12.1 Å². The number of hydrogen-bond acceptors (Lipinski definition) is 4. The van der Waals surface area contributed by atoms with Gasteiger partial charge < -0.3 is 9.47 Å². The molecule has 1 aromatic rings. The van der Waals surface area contributed by atoms with Crippen LogP contribution in [0.15, 0.2) is 18.2 Å². The molecular formula is C13H14Cl2O4. The van der Waals surface area contributed by atoms with Crippen LogP contribution >= 0.6 is 23.2 Å². The zero-order chi connectivity index (χ0) is 14.6. The van der Waals surface area contributed by atoms with E-state index in [0.29, 0.717) is 5.02 Å².